The molecular formula is C18H21N5O2. The Balaban J connectivity index is 1.94. The maximum Gasteiger partial charge on any atom is 0.276 e. The van der Waals surface area contributed by atoms with Crippen molar-refractivity contribution in [1.29, 1.82) is 0 Å². The molecule has 0 spiro atoms. The lowest BCUT2D eigenvalue weighted by Gasteiger charge is -2.17. The number of aliphatic hydroxyl groups excluding tert-OH is 1. The number of hydrogen-bond donors (Lipinski definition) is 1. The number of rotatable bonds is 5. The summed E-state index contributed by atoms with van der Waals surface area (Å²) in [5.41, 5.74) is 1.85. The second-order valence-corrected chi connectivity index (χ2v) is 6.17. The molecule has 0 aliphatic heterocycles. The van der Waals surface area contributed by atoms with E-state index in [4.69, 9.17) is 0 Å². The lowest BCUT2D eigenvalue weighted by atomic mass is 10.1. The average molecular weight is 339 g/mol. The van der Waals surface area contributed by atoms with E-state index < -0.39 is 6.10 Å². The Morgan fingerprint density at radius 1 is 1.36 bits per heavy atom. The summed E-state index contributed by atoms with van der Waals surface area (Å²) in [4.78, 5) is 18.3. The highest BCUT2D eigenvalue weighted by Gasteiger charge is 2.21. The van der Waals surface area contributed by atoms with E-state index in [0.29, 0.717) is 24.4 Å². The van der Waals surface area contributed by atoms with Crippen LogP contribution in [0.2, 0.25) is 0 Å². The van der Waals surface area contributed by atoms with Gasteiger partial charge in [0.1, 0.15) is 0 Å². The molecule has 0 fully saturated rings. The minimum Gasteiger partial charge on any atom is -0.393 e. The normalized spacial score (nSPS) is 12.3. The van der Waals surface area contributed by atoms with E-state index in [0.717, 1.165) is 16.5 Å². The standard InChI is InChI=1S/C18H21N5O2/c1-12(24)8-10-22(3)18(25)17-13(2)23(21-20-17)16-6-4-5-14-11-19-9-7-15(14)16/h4-7,9,11-12,24H,8,10H2,1-3H3. The van der Waals surface area contributed by atoms with Crippen LogP contribution in [-0.2, 0) is 0 Å². The number of fused-ring (bicyclic) bond motifs is 1. The van der Waals surface area contributed by atoms with Crippen molar-refractivity contribution in [2.45, 2.75) is 26.4 Å². The summed E-state index contributed by atoms with van der Waals surface area (Å²) in [5.74, 6) is -0.202. The van der Waals surface area contributed by atoms with Crippen molar-refractivity contribution in [3.8, 4) is 5.69 Å². The molecule has 1 N–H and O–H groups in total. The van der Waals surface area contributed by atoms with E-state index in [-0.39, 0.29) is 5.91 Å². The Morgan fingerprint density at radius 3 is 2.92 bits per heavy atom. The molecule has 0 saturated carbocycles. The first-order valence-electron chi connectivity index (χ1n) is 8.18. The molecule has 3 aromatic rings. The molecule has 0 bridgehead atoms. The number of nitrogens with zero attached hydrogens (tertiary/aromatic N) is 5. The minimum absolute atomic E-state index is 0.202. The summed E-state index contributed by atoms with van der Waals surface area (Å²) in [7, 11) is 1.70. The van der Waals surface area contributed by atoms with Gasteiger partial charge < -0.3 is 10.0 Å². The highest BCUT2D eigenvalue weighted by molar-refractivity contribution is 5.94. The Labute approximate surface area is 145 Å². The largest absolute Gasteiger partial charge is 0.393 e. The second kappa shape index (κ2) is 6.98. The van der Waals surface area contributed by atoms with Crippen molar-refractivity contribution < 1.29 is 9.90 Å². The van der Waals surface area contributed by atoms with Gasteiger partial charge in [0, 0.05) is 36.8 Å². The number of aromatic nitrogens is 4. The zero-order chi connectivity index (χ0) is 18.0. The summed E-state index contributed by atoms with van der Waals surface area (Å²) in [6.07, 6.45) is 3.59. The van der Waals surface area contributed by atoms with Gasteiger partial charge in [-0.25, -0.2) is 4.68 Å². The molecule has 0 aliphatic rings. The van der Waals surface area contributed by atoms with Gasteiger partial charge in [-0.15, -0.1) is 5.10 Å². The number of benzene rings is 1. The SMILES string of the molecule is Cc1c(C(=O)N(C)CCC(C)O)nnn1-c1cccc2cnccc12. The fraction of sp³-hybridized carbons (Fsp3) is 0.333. The van der Waals surface area contributed by atoms with Crippen LogP contribution in [0.5, 0.6) is 0 Å². The minimum atomic E-state index is -0.448. The molecule has 1 amide bonds. The zero-order valence-electron chi connectivity index (χ0n) is 14.5. The van der Waals surface area contributed by atoms with Crippen molar-refractivity contribution in [2.75, 3.05) is 13.6 Å². The zero-order valence-corrected chi connectivity index (χ0v) is 14.5. The van der Waals surface area contributed by atoms with E-state index in [2.05, 4.69) is 15.3 Å². The molecule has 2 heterocycles. The average Bonchev–Trinajstić information content (AvgIpc) is 2.99. The topological polar surface area (TPSA) is 84.1 Å². The number of amides is 1. The smallest absolute Gasteiger partial charge is 0.276 e. The fourth-order valence-electron chi connectivity index (χ4n) is 2.71. The highest BCUT2D eigenvalue weighted by Crippen LogP contribution is 2.22. The van der Waals surface area contributed by atoms with Crippen LogP contribution in [0.4, 0.5) is 0 Å². The number of hydrogen-bond acceptors (Lipinski definition) is 5. The molecule has 1 atom stereocenters. The van der Waals surface area contributed by atoms with Gasteiger partial charge in [-0.3, -0.25) is 9.78 Å². The van der Waals surface area contributed by atoms with Gasteiger partial charge >= 0.3 is 0 Å². The lowest BCUT2D eigenvalue weighted by molar-refractivity contribution is 0.0762. The molecule has 2 aromatic heterocycles. The number of pyridine rings is 1. The summed E-state index contributed by atoms with van der Waals surface area (Å²) >= 11 is 0. The van der Waals surface area contributed by atoms with E-state index in [1.807, 2.05) is 31.2 Å². The monoisotopic (exact) mass is 339 g/mol. The van der Waals surface area contributed by atoms with Gasteiger partial charge in [0.25, 0.3) is 5.91 Å². The second-order valence-electron chi connectivity index (χ2n) is 6.17. The third-order valence-electron chi connectivity index (χ3n) is 4.21. The summed E-state index contributed by atoms with van der Waals surface area (Å²) in [5, 5.41) is 19.7. The lowest BCUT2D eigenvalue weighted by Crippen LogP contribution is -2.30. The van der Waals surface area contributed by atoms with Gasteiger partial charge in [-0.2, -0.15) is 0 Å². The van der Waals surface area contributed by atoms with Crippen molar-refractivity contribution in [1.82, 2.24) is 24.9 Å². The first kappa shape index (κ1) is 17.0. The summed E-state index contributed by atoms with van der Waals surface area (Å²) < 4.78 is 1.68. The van der Waals surface area contributed by atoms with Crippen LogP contribution in [0.1, 0.15) is 29.5 Å². The Morgan fingerprint density at radius 2 is 2.16 bits per heavy atom. The predicted molar refractivity (Wildman–Crippen MR) is 94.7 cm³/mol. The van der Waals surface area contributed by atoms with E-state index in [1.165, 1.54) is 0 Å². The van der Waals surface area contributed by atoms with Crippen LogP contribution in [0.15, 0.2) is 36.7 Å². The van der Waals surface area contributed by atoms with Crippen LogP contribution < -0.4 is 0 Å². The predicted octanol–water partition coefficient (Wildman–Crippen LogP) is 1.97. The first-order chi connectivity index (χ1) is 12.0. The summed E-state index contributed by atoms with van der Waals surface area (Å²) in [6, 6.07) is 7.77. The van der Waals surface area contributed by atoms with Crippen molar-refractivity contribution >= 4 is 16.7 Å². The molecule has 0 saturated heterocycles. The molecule has 1 aromatic carbocycles. The number of aliphatic hydroxyl groups is 1. The first-order valence-corrected chi connectivity index (χ1v) is 8.18. The molecule has 1 unspecified atom stereocenters. The van der Waals surface area contributed by atoms with Crippen molar-refractivity contribution in [3.05, 3.63) is 48.0 Å². The van der Waals surface area contributed by atoms with Crippen LogP contribution in [-0.4, -0.2) is 55.6 Å². The molecule has 7 nitrogen and oxygen atoms in total. The highest BCUT2D eigenvalue weighted by atomic mass is 16.3. The van der Waals surface area contributed by atoms with Crippen molar-refractivity contribution in [2.24, 2.45) is 0 Å². The Bertz CT molecular complexity index is 898. The molecular weight excluding hydrogens is 318 g/mol. The van der Waals surface area contributed by atoms with Gasteiger partial charge in [0.15, 0.2) is 5.69 Å². The maximum absolute atomic E-state index is 12.6. The fourth-order valence-corrected chi connectivity index (χ4v) is 2.71. The van der Waals surface area contributed by atoms with Crippen LogP contribution in [0, 0.1) is 6.92 Å². The third kappa shape index (κ3) is 3.36. The summed E-state index contributed by atoms with van der Waals surface area (Å²) in [6.45, 7) is 3.99. The molecule has 7 heteroatoms. The number of carbonyl (C=O) groups excluding carboxylic acids is 1. The molecule has 0 radical (unpaired) electrons. The van der Waals surface area contributed by atoms with E-state index in [9.17, 15) is 9.90 Å². The molecule has 3 rings (SSSR count). The van der Waals surface area contributed by atoms with Crippen molar-refractivity contribution in [3.63, 3.8) is 0 Å². The maximum atomic E-state index is 12.6. The quantitative estimate of drug-likeness (QED) is 0.768. The molecule has 0 aliphatic carbocycles. The molecule has 130 valence electrons. The van der Waals surface area contributed by atoms with Crippen LogP contribution >= 0.6 is 0 Å². The van der Waals surface area contributed by atoms with E-state index >= 15 is 0 Å². The van der Waals surface area contributed by atoms with Gasteiger partial charge in [-0.05, 0) is 32.4 Å². The van der Waals surface area contributed by atoms with E-state index in [1.54, 1.807) is 35.9 Å². The Hall–Kier alpha value is -2.80. The van der Waals surface area contributed by atoms with Crippen LogP contribution in [0.3, 0.4) is 0 Å². The Kier molecular flexibility index (Phi) is 4.76. The number of carbonyl (C=O) groups is 1. The molecule has 25 heavy (non-hydrogen) atoms. The van der Waals surface area contributed by atoms with Gasteiger partial charge in [0.2, 0.25) is 0 Å². The van der Waals surface area contributed by atoms with Crippen LogP contribution in [0.25, 0.3) is 16.5 Å². The third-order valence-corrected chi connectivity index (χ3v) is 4.21. The van der Waals surface area contributed by atoms with Gasteiger partial charge in [0.05, 0.1) is 17.5 Å². The van der Waals surface area contributed by atoms with Gasteiger partial charge in [-0.1, -0.05) is 17.3 Å².